The summed E-state index contributed by atoms with van der Waals surface area (Å²) in [6.07, 6.45) is 3.81. The molecule has 1 heterocycles. The third-order valence-electron chi connectivity index (χ3n) is 3.05. The van der Waals surface area contributed by atoms with Gasteiger partial charge in [0.2, 0.25) is 0 Å². The minimum atomic E-state index is 0.288. The van der Waals surface area contributed by atoms with Crippen LogP contribution in [0.1, 0.15) is 36.9 Å². The lowest BCUT2D eigenvalue weighted by Gasteiger charge is -2.18. The molecule has 0 saturated carbocycles. The van der Waals surface area contributed by atoms with Gasteiger partial charge in [-0.05, 0) is 30.7 Å². The number of nitrogens with one attached hydrogen (secondary N) is 1. The Morgan fingerprint density at radius 3 is 2.95 bits per heavy atom. The summed E-state index contributed by atoms with van der Waals surface area (Å²) in [5, 5.41) is 6.72. The predicted octanol–water partition coefficient (Wildman–Crippen LogP) is 3.83. The second-order valence-corrected chi connectivity index (χ2v) is 5.64. The van der Waals surface area contributed by atoms with Crippen molar-refractivity contribution >= 4 is 11.3 Å². The number of hydrogen-bond donors (Lipinski definition) is 1. The first-order valence-corrected chi connectivity index (χ1v) is 8.06. The summed E-state index contributed by atoms with van der Waals surface area (Å²) in [7, 11) is 0. The monoisotopic (exact) mass is 290 g/mol. The van der Waals surface area contributed by atoms with Gasteiger partial charge in [-0.3, -0.25) is 0 Å². The lowest BCUT2D eigenvalue weighted by molar-refractivity contribution is 0.316. The Balaban J connectivity index is 2.11. The van der Waals surface area contributed by atoms with Gasteiger partial charge < -0.3 is 10.1 Å². The van der Waals surface area contributed by atoms with Gasteiger partial charge in [-0.2, -0.15) is 0 Å². The van der Waals surface area contributed by atoms with Crippen LogP contribution >= 0.6 is 11.3 Å². The van der Waals surface area contributed by atoms with Crippen molar-refractivity contribution in [3.05, 3.63) is 46.4 Å². The molecule has 1 aromatic carbocycles. The second-order valence-electron chi connectivity index (χ2n) is 4.66. The van der Waals surface area contributed by atoms with E-state index >= 15 is 0 Å². The molecule has 1 unspecified atom stereocenters. The Kier molecular flexibility index (Phi) is 6.02. The van der Waals surface area contributed by atoms with Gasteiger partial charge in [0.15, 0.2) is 0 Å². The highest BCUT2D eigenvalue weighted by Crippen LogP contribution is 2.23. The van der Waals surface area contributed by atoms with E-state index in [1.165, 1.54) is 5.56 Å². The van der Waals surface area contributed by atoms with E-state index in [4.69, 9.17) is 4.74 Å². The fraction of sp³-hybridized carbons (Fsp3) is 0.438. The van der Waals surface area contributed by atoms with Crippen LogP contribution in [-0.2, 0) is 6.42 Å². The molecule has 1 N–H and O–H groups in total. The van der Waals surface area contributed by atoms with Gasteiger partial charge >= 0.3 is 0 Å². The van der Waals surface area contributed by atoms with Gasteiger partial charge in [-0.15, -0.1) is 11.3 Å². The maximum absolute atomic E-state index is 5.72. The molecule has 0 radical (unpaired) electrons. The Morgan fingerprint density at radius 1 is 1.35 bits per heavy atom. The summed E-state index contributed by atoms with van der Waals surface area (Å²) < 4.78 is 5.72. The third kappa shape index (κ3) is 4.32. The summed E-state index contributed by atoms with van der Waals surface area (Å²) in [5.74, 6) is 0.950. The summed E-state index contributed by atoms with van der Waals surface area (Å²) >= 11 is 1.71. The quantitative estimate of drug-likeness (QED) is 0.802. The van der Waals surface area contributed by atoms with Crippen LogP contribution < -0.4 is 10.1 Å². The second kappa shape index (κ2) is 8.02. The van der Waals surface area contributed by atoms with E-state index in [2.05, 4.69) is 42.3 Å². The molecule has 20 heavy (non-hydrogen) atoms. The lowest BCUT2D eigenvalue weighted by atomic mass is 10.0. The van der Waals surface area contributed by atoms with Crippen molar-refractivity contribution in [2.24, 2.45) is 0 Å². The fourth-order valence-corrected chi connectivity index (χ4v) is 2.79. The van der Waals surface area contributed by atoms with E-state index in [1.807, 2.05) is 17.6 Å². The van der Waals surface area contributed by atoms with Crippen LogP contribution in [0.2, 0.25) is 0 Å². The van der Waals surface area contributed by atoms with E-state index in [-0.39, 0.29) is 6.04 Å². The molecule has 2 rings (SSSR count). The standard InChI is InChI=1S/C16H22N2OS/c1-3-9-19-14-7-5-6-13(11-14)15(17-4-2)12-16-18-8-10-20-16/h5-8,10-11,15,17H,3-4,9,12H2,1-2H3. The molecule has 0 bridgehead atoms. The molecule has 0 saturated heterocycles. The van der Waals surface area contributed by atoms with Gasteiger partial charge in [0, 0.05) is 24.0 Å². The normalized spacial score (nSPS) is 12.3. The Morgan fingerprint density at radius 2 is 2.25 bits per heavy atom. The largest absolute Gasteiger partial charge is 0.494 e. The van der Waals surface area contributed by atoms with E-state index in [0.29, 0.717) is 0 Å². The molecule has 2 aromatic rings. The zero-order valence-corrected chi connectivity index (χ0v) is 13.0. The molecule has 1 aromatic heterocycles. The number of likely N-dealkylation sites (N-methyl/N-ethyl adjacent to an activating group) is 1. The number of rotatable bonds is 8. The molecule has 0 aliphatic heterocycles. The number of hydrogen-bond acceptors (Lipinski definition) is 4. The average Bonchev–Trinajstić information content (AvgIpc) is 2.98. The number of benzene rings is 1. The topological polar surface area (TPSA) is 34.1 Å². The predicted molar refractivity (Wildman–Crippen MR) is 84.5 cm³/mol. The number of aromatic nitrogens is 1. The maximum Gasteiger partial charge on any atom is 0.119 e. The number of nitrogens with zero attached hydrogens (tertiary/aromatic N) is 1. The van der Waals surface area contributed by atoms with E-state index < -0.39 is 0 Å². The van der Waals surface area contributed by atoms with Gasteiger partial charge in [0.1, 0.15) is 5.75 Å². The molecule has 0 aliphatic rings. The third-order valence-corrected chi connectivity index (χ3v) is 3.85. The van der Waals surface area contributed by atoms with Crippen LogP contribution in [-0.4, -0.2) is 18.1 Å². The smallest absolute Gasteiger partial charge is 0.119 e. The van der Waals surface area contributed by atoms with Crippen molar-refractivity contribution in [2.75, 3.05) is 13.2 Å². The molecule has 3 nitrogen and oxygen atoms in total. The van der Waals surface area contributed by atoms with Gasteiger partial charge in [0.25, 0.3) is 0 Å². The molecular weight excluding hydrogens is 268 g/mol. The Hall–Kier alpha value is -1.39. The van der Waals surface area contributed by atoms with Gasteiger partial charge in [0.05, 0.1) is 11.6 Å². The molecule has 0 aliphatic carbocycles. The van der Waals surface area contributed by atoms with Crippen LogP contribution in [0.5, 0.6) is 5.75 Å². The molecule has 4 heteroatoms. The molecule has 0 amide bonds. The van der Waals surface area contributed by atoms with Crippen LogP contribution in [0.3, 0.4) is 0 Å². The SMILES string of the molecule is CCCOc1cccc(C(Cc2nccs2)NCC)c1. The van der Waals surface area contributed by atoms with Crippen molar-refractivity contribution in [1.82, 2.24) is 10.3 Å². The van der Waals surface area contributed by atoms with Crippen LogP contribution in [0.25, 0.3) is 0 Å². The first kappa shape index (κ1) is 15.0. The Bertz CT molecular complexity index is 499. The first-order valence-electron chi connectivity index (χ1n) is 7.18. The van der Waals surface area contributed by atoms with Crippen LogP contribution in [0.4, 0.5) is 0 Å². The Labute approximate surface area is 125 Å². The van der Waals surface area contributed by atoms with Gasteiger partial charge in [-0.1, -0.05) is 26.0 Å². The van der Waals surface area contributed by atoms with E-state index in [9.17, 15) is 0 Å². The highest BCUT2D eigenvalue weighted by atomic mass is 32.1. The zero-order valence-electron chi connectivity index (χ0n) is 12.1. The summed E-state index contributed by atoms with van der Waals surface area (Å²) in [6, 6.07) is 8.66. The van der Waals surface area contributed by atoms with Crippen molar-refractivity contribution in [1.29, 1.82) is 0 Å². The minimum Gasteiger partial charge on any atom is -0.494 e. The minimum absolute atomic E-state index is 0.288. The number of thiazole rings is 1. The van der Waals surface area contributed by atoms with Crippen LogP contribution in [0.15, 0.2) is 35.8 Å². The van der Waals surface area contributed by atoms with Crippen molar-refractivity contribution < 1.29 is 4.74 Å². The summed E-state index contributed by atoms with van der Waals surface area (Å²) in [6.45, 7) is 5.96. The lowest BCUT2D eigenvalue weighted by Crippen LogP contribution is -2.22. The molecule has 108 valence electrons. The maximum atomic E-state index is 5.72. The van der Waals surface area contributed by atoms with Gasteiger partial charge in [-0.25, -0.2) is 4.98 Å². The van der Waals surface area contributed by atoms with Crippen molar-refractivity contribution in [3.63, 3.8) is 0 Å². The number of ether oxygens (including phenoxy) is 1. The molecule has 0 spiro atoms. The van der Waals surface area contributed by atoms with E-state index in [1.54, 1.807) is 11.3 Å². The van der Waals surface area contributed by atoms with Crippen LogP contribution in [0, 0.1) is 0 Å². The zero-order chi connectivity index (χ0) is 14.2. The first-order chi connectivity index (χ1) is 9.83. The fourth-order valence-electron chi connectivity index (χ4n) is 2.12. The molecular formula is C16H22N2OS. The van der Waals surface area contributed by atoms with E-state index in [0.717, 1.165) is 36.8 Å². The summed E-state index contributed by atoms with van der Waals surface area (Å²) in [4.78, 5) is 4.38. The van der Waals surface area contributed by atoms with Crippen molar-refractivity contribution in [3.8, 4) is 5.75 Å². The highest BCUT2D eigenvalue weighted by molar-refractivity contribution is 7.09. The average molecular weight is 290 g/mol. The summed E-state index contributed by atoms with van der Waals surface area (Å²) in [5.41, 5.74) is 1.26. The molecule has 0 fully saturated rings. The van der Waals surface area contributed by atoms with Crippen molar-refractivity contribution in [2.45, 2.75) is 32.7 Å². The highest BCUT2D eigenvalue weighted by Gasteiger charge is 2.13. The molecule has 1 atom stereocenters.